The second kappa shape index (κ2) is 9.30. The summed E-state index contributed by atoms with van der Waals surface area (Å²) in [5.74, 6) is 0.964. The maximum Gasteiger partial charge on any atom is 0.246 e. The maximum absolute atomic E-state index is 12.3. The van der Waals surface area contributed by atoms with Crippen LogP contribution in [0.3, 0.4) is 0 Å². The van der Waals surface area contributed by atoms with Gasteiger partial charge in [-0.05, 0) is 43.2 Å². The fourth-order valence-electron chi connectivity index (χ4n) is 2.46. The van der Waals surface area contributed by atoms with Crippen molar-refractivity contribution in [2.24, 2.45) is 0 Å². The largest absolute Gasteiger partial charge is 0.493 e. The van der Waals surface area contributed by atoms with Crippen molar-refractivity contribution in [3.8, 4) is 11.5 Å². The van der Waals surface area contributed by atoms with Crippen molar-refractivity contribution in [1.29, 1.82) is 0 Å². The molecule has 5 heteroatoms. The summed E-state index contributed by atoms with van der Waals surface area (Å²) >= 11 is 6.26. The van der Waals surface area contributed by atoms with Crippen LogP contribution in [0.4, 0.5) is 0 Å². The van der Waals surface area contributed by atoms with Crippen molar-refractivity contribution in [3.05, 3.63) is 64.2 Å². The van der Waals surface area contributed by atoms with Crippen LogP contribution in [0.2, 0.25) is 5.02 Å². The predicted octanol–water partition coefficient (Wildman–Crippen LogP) is 4.73. The number of carbonyl (C=O) groups is 1. The first-order valence-electron chi connectivity index (χ1n) is 8.43. The van der Waals surface area contributed by atoms with Crippen molar-refractivity contribution < 1.29 is 14.3 Å². The van der Waals surface area contributed by atoms with Gasteiger partial charge in [0.1, 0.15) is 0 Å². The highest BCUT2D eigenvalue weighted by molar-refractivity contribution is 6.32. The van der Waals surface area contributed by atoms with Crippen LogP contribution >= 0.6 is 11.6 Å². The number of hydrogen-bond acceptors (Lipinski definition) is 3. The van der Waals surface area contributed by atoms with E-state index in [-0.39, 0.29) is 5.91 Å². The Morgan fingerprint density at radius 2 is 1.92 bits per heavy atom. The van der Waals surface area contributed by atoms with Gasteiger partial charge in [0.25, 0.3) is 0 Å². The summed E-state index contributed by atoms with van der Waals surface area (Å²) < 4.78 is 10.8. The Morgan fingerprint density at radius 3 is 2.54 bits per heavy atom. The lowest BCUT2D eigenvalue weighted by molar-refractivity contribution is -0.125. The van der Waals surface area contributed by atoms with Crippen LogP contribution in [0.5, 0.6) is 11.5 Å². The van der Waals surface area contributed by atoms with Crippen LogP contribution in [-0.4, -0.2) is 31.6 Å². The Labute approximate surface area is 160 Å². The van der Waals surface area contributed by atoms with E-state index in [1.165, 1.54) is 11.6 Å². The Morgan fingerprint density at radius 1 is 1.23 bits per heavy atom. The molecule has 0 aromatic heterocycles. The predicted molar refractivity (Wildman–Crippen MR) is 106 cm³/mol. The smallest absolute Gasteiger partial charge is 0.246 e. The van der Waals surface area contributed by atoms with E-state index in [9.17, 15) is 4.79 Å². The van der Waals surface area contributed by atoms with Crippen LogP contribution in [0.15, 0.2) is 42.5 Å². The molecule has 0 bridgehead atoms. The number of nitrogens with zero attached hydrogens (tertiary/aromatic N) is 1. The minimum atomic E-state index is -0.0884. The Hall–Kier alpha value is -2.46. The lowest BCUT2D eigenvalue weighted by Gasteiger charge is -2.15. The molecule has 0 spiro atoms. The van der Waals surface area contributed by atoms with Gasteiger partial charge in [0.15, 0.2) is 11.5 Å². The second-order valence-corrected chi connectivity index (χ2v) is 6.39. The molecule has 0 aliphatic carbocycles. The molecule has 0 saturated carbocycles. The molecule has 4 nitrogen and oxygen atoms in total. The first-order chi connectivity index (χ1) is 12.4. The summed E-state index contributed by atoms with van der Waals surface area (Å²) in [6.45, 7) is 4.97. The highest BCUT2D eigenvalue weighted by atomic mass is 35.5. The molecule has 0 heterocycles. The topological polar surface area (TPSA) is 38.8 Å². The molecular weight excluding hydrogens is 350 g/mol. The standard InChI is InChI=1S/C21H24ClNO3/c1-5-26-21-18(22)12-17(13-19(21)25-4)10-11-20(24)23(3)14-16-8-6-15(2)7-9-16/h6-13H,5,14H2,1-4H3/b11-10+. The monoisotopic (exact) mass is 373 g/mol. The van der Waals surface area contributed by atoms with E-state index in [0.717, 1.165) is 11.1 Å². The fraction of sp³-hybridized carbons (Fsp3) is 0.286. The van der Waals surface area contributed by atoms with Crippen molar-refractivity contribution in [2.45, 2.75) is 20.4 Å². The third-order valence-corrected chi connectivity index (χ3v) is 4.16. The average molecular weight is 374 g/mol. The molecule has 1 amide bonds. The number of likely N-dealkylation sites (N-methyl/N-ethyl adjacent to an activating group) is 1. The van der Waals surface area contributed by atoms with Gasteiger partial charge in [-0.15, -0.1) is 0 Å². The number of halogens is 1. The molecule has 0 saturated heterocycles. The third kappa shape index (κ3) is 5.27. The van der Waals surface area contributed by atoms with E-state index in [0.29, 0.717) is 29.7 Å². The number of amides is 1. The highest BCUT2D eigenvalue weighted by Crippen LogP contribution is 2.36. The molecule has 26 heavy (non-hydrogen) atoms. The zero-order valence-electron chi connectivity index (χ0n) is 15.6. The first kappa shape index (κ1) is 19.9. The van der Waals surface area contributed by atoms with Crippen LogP contribution in [0.25, 0.3) is 6.08 Å². The third-order valence-electron chi connectivity index (χ3n) is 3.88. The van der Waals surface area contributed by atoms with Gasteiger partial charge in [-0.3, -0.25) is 4.79 Å². The SMILES string of the molecule is CCOc1c(Cl)cc(/C=C/C(=O)N(C)Cc2ccc(C)cc2)cc1OC. The number of methoxy groups -OCH3 is 1. The number of ether oxygens (including phenoxy) is 2. The van der Waals surface area contributed by atoms with Gasteiger partial charge in [-0.1, -0.05) is 41.4 Å². The number of benzene rings is 2. The lowest BCUT2D eigenvalue weighted by atomic mass is 10.1. The average Bonchev–Trinajstić information content (AvgIpc) is 2.63. The quantitative estimate of drug-likeness (QED) is 0.659. The summed E-state index contributed by atoms with van der Waals surface area (Å²) in [4.78, 5) is 14.0. The van der Waals surface area contributed by atoms with Gasteiger partial charge in [-0.2, -0.15) is 0 Å². The number of hydrogen-bond donors (Lipinski definition) is 0. The lowest BCUT2D eigenvalue weighted by Crippen LogP contribution is -2.24. The molecule has 2 aromatic carbocycles. The van der Waals surface area contributed by atoms with Crippen LogP contribution in [-0.2, 0) is 11.3 Å². The molecular formula is C21H24ClNO3. The van der Waals surface area contributed by atoms with E-state index in [1.807, 2.05) is 38.1 Å². The molecule has 138 valence electrons. The Bertz CT molecular complexity index is 785. The number of carbonyl (C=O) groups excluding carboxylic acids is 1. The van der Waals surface area contributed by atoms with E-state index in [1.54, 1.807) is 37.3 Å². The van der Waals surface area contributed by atoms with Gasteiger partial charge in [0.2, 0.25) is 5.91 Å². The minimum absolute atomic E-state index is 0.0884. The van der Waals surface area contributed by atoms with Crippen molar-refractivity contribution >= 4 is 23.6 Å². The van der Waals surface area contributed by atoms with E-state index < -0.39 is 0 Å². The van der Waals surface area contributed by atoms with E-state index in [4.69, 9.17) is 21.1 Å². The maximum atomic E-state index is 12.3. The van der Waals surface area contributed by atoms with Gasteiger partial charge >= 0.3 is 0 Å². The zero-order valence-corrected chi connectivity index (χ0v) is 16.3. The van der Waals surface area contributed by atoms with Gasteiger partial charge in [-0.25, -0.2) is 0 Å². The van der Waals surface area contributed by atoms with E-state index >= 15 is 0 Å². The Balaban J connectivity index is 2.09. The Kier molecular flexibility index (Phi) is 7.10. The van der Waals surface area contributed by atoms with Gasteiger partial charge in [0.05, 0.1) is 18.7 Å². The van der Waals surface area contributed by atoms with Crippen molar-refractivity contribution in [2.75, 3.05) is 20.8 Å². The summed E-state index contributed by atoms with van der Waals surface area (Å²) in [6.07, 6.45) is 3.25. The van der Waals surface area contributed by atoms with Crippen molar-refractivity contribution in [3.63, 3.8) is 0 Å². The van der Waals surface area contributed by atoms with Crippen LogP contribution < -0.4 is 9.47 Å². The first-order valence-corrected chi connectivity index (χ1v) is 8.81. The second-order valence-electron chi connectivity index (χ2n) is 5.98. The fourth-order valence-corrected chi connectivity index (χ4v) is 2.73. The molecule has 0 aliphatic rings. The molecule has 0 unspecified atom stereocenters. The minimum Gasteiger partial charge on any atom is -0.493 e. The van der Waals surface area contributed by atoms with E-state index in [2.05, 4.69) is 0 Å². The summed E-state index contributed by atoms with van der Waals surface area (Å²) in [6, 6.07) is 11.7. The molecule has 2 aromatic rings. The molecule has 0 aliphatic heterocycles. The number of rotatable bonds is 7. The van der Waals surface area contributed by atoms with Gasteiger partial charge in [0, 0.05) is 19.7 Å². The molecule has 0 radical (unpaired) electrons. The van der Waals surface area contributed by atoms with Crippen LogP contribution in [0, 0.1) is 6.92 Å². The summed E-state index contributed by atoms with van der Waals surface area (Å²) in [7, 11) is 3.33. The molecule has 0 atom stereocenters. The molecule has 0 N–H and O–H groups in total. The molecule has 2 rings (SSSR count). The summed E-state index contributed by atoms with van der Waals surface area (Å²) in [5.41, 5.74) is 3.06. The van der Waals surface area contributed by atoms with Crippen molar-refractivity contribution in [1.82, 2.24) is 4.90 Å². The zero-order chi connectivity index (χ0) is 19.1. The summed E-state index contributed by atoms with van der Waals surface area (Å²) in [5, 5.41) is 0.450. The highest BCUT2D eigenvalue weighted by Gasteiger charge is 2.11. The number of aryl methyl sites for hydroxylation is 1. The van der Waals surface area contributed by atoms with Crippen LogP contribution in [0.1, 0.15) is 23.6 Å². The van der Waals surface area contributed by atoms with Gasteiger partial charge < -0.3 is 14.4 Å². The normalized spacial score (nSPS) is 10.8. The molecule has 0 fully saturated rings.